The van der Waals surface area contributed by atoms with Gasteiger partial charge in [0.15, 0.2) is 11.6 Å². The molecule has 0 spiro atoms. The summed E-state index contributed by atoms with van der Waals surface area (Å²) in [6.07, 6.45) is 0.503. The van der Waals surface area contributed by atoms with Gasteiger partial charge in [-0.15, -0.1) is 0 Å². The highest BCUT2D eigenvalue weighted by Gasteiger charge is 2.38. The predicted octanol–water partition coefficient (Wildman–Crippen LogP) is 4.11. The van der Waals surface area contributed by atoms with Crippen molar-refractivity contribution in [2.24, 2.45) is 0 Å². The Morgan fingerprint density at radius 2 is 1.77 bits per heavy atom. The zero-order valence-corrected chi connectivity index (χ0v) is 18.1. The van der Waals surface area contributed by atoms with Crippen molar-refractivity contribution in [2.75, 3.05) is 13.1 Å². The molecule has 0 amide bonds. The second-order valence-corrected chi connectivity index (χ2v) is 10.2. The Hall–Kier alpha value is -2.07. The summed E-state index contributed by atoms with van der Waals surface area (Å²) in [6, 6.07) is 13.5. The molecule has 1 aliphatic heterocycles. The lowest BCUT2D eigenvalue weighted by atomic mass is 10.1. The van der Waals surface area contributed by atoms with Gasteiger partial charge < -0.3 is 5.32 Å². The number of fused-ring (bicyclic) bond motifs is 1. The minimum atomic E-state index is -3.78. The van der Waals surface area contributed by atoms with Crippen LogP contribution in [-0.2, 0) is 16.6 Å². The van der Waals surface area contributed by atoms with E-state index in [-0.39, 0.29) is 35.3 Å². The van der Waals surface area contributed by atoms with E-state index in [1.807, 2.05) is 24.3 Å². The Morgan fingerprint density at radius 1 is 1.03 bits per heavy atom. The molecule has 4 nitrogen and oxygen atoms in total. The van der Waals surface area contributed by atoms with Crippen molar-refractivity contribution in [1.29, 1.82) is 0 Å². The van der Waals surface area contributed by atoms with Gasteiger partial charge >= 0.3 is 0 Å². The van der Waals surface area contributed by atoms with Crippen LogP contribution in [0.25, 0.3) is 10.8 Å². The van der Waals surface area contributed by atoms with Gasteiger partial charge in [0.1, 0.15) is 5.82 Å². The molecule has 2 atom stereocenters. The fraction of sp³-hybridized carbons (Fsp3) is 0.273. The fourth-order valence-electron chi connectivity index (χ4n) is 3.92. The minimum Gasteiger partial charge on any atom is -0.311 e. The molecule has 0 saturated carbocycles. The number of nitrogens with one attached hydrogen (secondary N) is 1. The zero-order chi connectivity index (χ0) is 22.2. The number of sulfonamides is 1. The lowest BCUT2D eigenvalue weighted by Crippen LogP contribution is -2.41. The first-order valence-electron chi connectivity index (χ1n) is 9.78. The van der Waals surface area contributed by atoms with Gasteiger partial charge in [-0.05, 0) is 35.4 Å². The number of halogens is 3. The minimum absolute atomic E-state index is 0.127. The smallest absolute Gasteiger partial charge is 0.243 e. The van der Waals surface area contributed by atoms with E-state index in [4.69, 9.17) is 0 Å². The highest BCUT2D eigenvalue weighted by Crippen LogP contribution is 2.30. The maximum atomic E-state index is 13.9. The summed E-state index contributed by atoms with van der Waals surface area (Å²) in [7, 11) is -3.78. The van der Waals surface area contributed by atoms with Gasteiger partial charge in [-0.1, -0.05) is 30.3 Å². The van der Waals surface area contributed by atoms with Crippen molar-refractivity contribution in [2.45, 2.75) is 29.2 Å². The Bertz CT molecular complexity index is 1220. The summed E-state index contributed by atoms with van der Waals surface area (Å²) in [5.74, 6) is -3.24. The van der Waals surface area contributed by atoms with Crippen molar-refractivity contribution >= 4 is 33.4 Å². The largest absolute Gasteiger partial charge is 0.311 e. The topological polar surface area (TPSA) is 49.4 Å². The number of hydrogen-bond donors (Lipinski definition) is 2. The third-order valence-electron chi connectivity index (χ3n) is 5.43. The second kappa shape index (κ2) is 8.82. The first-order valence-corrected chi connectivity index (χ1v) is 11.7. The molecular formula is C22H21F3N2O2S2. The summed E-state index contributed by atoms with van der Waals surface area (Å²) < 4.78 is 68.7. The van der Waals surface area contributed by atoms with Crippen LogP contribution in [0.3, 0.4) is 0 Å². The van der Waals surface area contributed by atoms with E-state index in [0.717, 1.165) is 16.8 Å². The zero-order valence-electron chi connectivity index (χ0n) is 16.4. The predicted molar refractivity (Wildman–Crippen MR) is 117 cm³/mol. The fourth-order valence-corrected chi connectivity index (χ4v) is 6.16. The molecule has 9 heteroatoms. The average Bonchev–Trinajstić information content (AvgIpc) is 3.12. The summed E-state index contributed by atoms with van der Waals surface area (Å²) >= 11 is 4.46. The molecule has 0 aromatic heterocycles. The van der Waals surface area contributed by atoms with E-state index in [0.29, 0.717) is 12.5 Å². The van der Waals surface area contributed by atoms with Crippen LogP contribution in [0, 0.1) is 17.5 Å². The second-order valence-electron chi connectivity index (χ2n) is 7.62. The molecule has 1 saturated heterocycles. The molecule has 3 aromatic rings. The van der Waals surface area contributed by atoms with Crippen molar-refractivity contribution < 1.29 is 21.6 Å². The van der Waals surface area contributed by atoms with Crippen LogP contribution < -0.4 is 5.32 Å². The Kier molecular flexibility index (Phi) is 6.30. The van der Waals surface area contributed by atoms with Crippen molar-refractivity contribution in [3.63, 3.8) is 0 Å². The van der Waals surface area contributed by atoms with E-state index in [1.54, 1.807) is 18.2 Å². The summed E-state index contributed by atoms with van der Waals surface area (Å²) in [5.41, 5.74) is -0.151. The van der Waals surface area contributed by atoms with Gasteiger partial charge in [-0.3, -0.25) is 0 Å². The Labute approximate surface area is 184 Å². The molecule has 31 heavy (non-hydrogen) atoms. The summed E-state index contributed by atoms with van der Waals surface area (Å²) in [6.45, 7) is 0.313. The molecule has 2 unspecified atom stereocenters. The van der Waals surface area contributed by atoms with Gasteiger partial charge in [0.2, 0.25) is 10.0 Å². The first kappa shape index (κ1) is 22.1. The summed E-state index contributed by atoms with van der Waals surface area (Å²) in [5, 5.41) is 4.55. The quantitative estimate of drug-likeness (QED) is 0.425. The lowest BCUT2D eigenvalue weighted by molar-refractivity contribution is 0.370. The Morgan fingerprint density at radius 3 is 2.55 bits per heavy atom. The Balaban J connectivity index is 1.52. The van der Waals surface area contributed by atoms with E-state index in [1.165, 1.54) is 4.31 Å². The number of rotatable bonds is 6. The monoisotopic (exact) mass is 466 g/mol. The van der Waals surface area contributed by atoms with Gasteiger partial charge in [-0.2, -0.15) is 16.9 Å². The highest BCUT2D eigenvalue weighted by molar-refractivity contribution is 7.89. The van der Waals surface area contributed by atoms with Crippen LogP contribution in [0.2, 0.25) is 0 Å². The maximum absolute atomic E-state index is 13.9. The van der Waals surface area contributed by atoms with Crippen LogP contribution in [0.15, 0.2) is 59.5 Å². The summed E-state index contributed by atoms with van der Waals surface area (Å²) in [4.78, 5) is 0.192. The molecule has 3 aromatic carbocycles. The van der Waals surface area contributed by atoms with Crippen molar-refractivity contribution in [3.8, 4) is 0 Å². The first-order chi connectivity index (χ1) is 14.8. The normalized spacial score (nSPS) is 19.9. The van der Waals surface area contributed by atoms with Crippen LogP contribution in [0.5, 0.6) is 0 Å². The highest BCUT2D eigenvalue weighted by atomic mass is 32.2. The van der Waals surface area contributed by atoms with E-state index >= 15 is 0 Å². The molecular weight excluding hydrogens is 445 g/mol. The van der Waals surface area contributed by atoms with Crippen LogP contribution in [0.4, 0.5) is 13.2 Å². The third-order valence-corrected chi connectivity index (χ3v) is 7.72. The molecule has 1 fully saturated rings. The lowest BCUT2D eigenvalue weighted by Gasteiger charge is -2.24. The van der Waals surface area contributed by atoms with Gasteiger partial charge in [-0.25, -0.2) is 21.6 Å². The van der Waals surface area contributed by atoms with E-state index < -0.39 is 33.5 Å². The third kappa shape index (κ3) is 4.59. The molecule has 1 heterocycles. The molecule has 164 valence electrons. The maximum Gasteiger partial charge on any atom is 0.243 e. The molecule has 0 radical (unpaired) electrons. The van der Waals surface area contributed by atoms with Crippen molar-refractivity contribution in [1.82, 2.24) is 9.62 Å². The molecule has 4 rings (SSSR count). The molecule has 1 aliphatic rings. The molecule has 1 N–H and O–H groups in total. The molecule has 0 bridgehead atoms. The SMILES string of the molecule is O=S(=O)(c1ccc2ccccc2c1)N1CC(S)CC1CNCc1cc(F)cc(F)c1F. The molecule has 0 aliphatic carbocycles. The number of hydrogen-bond acceptors (Lipinski definition) is 4. The van der Waals surface area contributed by atoms with Gasteiger partial charge in [0.05, 0.1) is 4.90 Å². The average molecular weight is 467 g/mol. The van der Waals surface area contributed by atoms with Crippen LogP contribution in [0.1, 0.15) is 12.0 Å². The standard InChI is InChI=1S/C22H21F3N2O2S2/c23-17-7-16(22(25)21(24)9-17)11-26-12-18-10-19(30)13-27(18)31(28,29)20-6-5-14-3-1-2-4-15(14)8-20/h1-9,18-19,26,30H,10-13H2. The van der Waals surface area contributed by atoms with Gasteiger partial charge in [0, 0.05) is 42.6 Å². The van der Waals surface area contributed by atoms with E-state index in [9.17, 15) is 21.6 Å². The van der Waals surface area contributed by atoms with Crippen LogP contribution >= 0.6 is 12.6 Å². The van der Waals surface area contributed by atoms with E-state index in [2.05, 4.69) is 17.9 Å². The number of thiol groups is 1. The number of nitrogens with zero attached hydrogens (tertiary/aromatic N) is 1. The number of benzene rings is 3. The van der Waals surface area contributed by atoms with Gasteiger partial charge in [0.25, 0.3) is 0 Å². The van der Waals surface area contributed by atoms with Crippen LogP contribution in [-0.4, -0.2) is 37.1 Å². The van der Waals surface area contributed by atoms with Crippen molar-refractivity contribution in [3.05, 3.63) is 77.6 Å².